The van der Waals surface area contributed by atoms with Crippen molar-refractivity contribution in [2.45, 2.75) is 45.7 Å². The summed E-state index contributed by atoms with van der Waals surface area (Å²) >= 11 is 0. The van der Waals surface area contributed by atoms with Gasteiger partial charge in [0.1, 0.15) is 0 Å². The maximum Gasteiger partial charge on any atom is 0.0383 e. The second-order valence-electron chi connectivity index (χ2n) is 5.78. The molecule has 0 bridgehead atoms. The van der Waals surface area contributed by atoms with E-state index < -0.39 is 10.8 Å². The van der Waals surface area contributed by atoms with Gasteiger partial charge in [-0.05, 0) is 38.8 Å². The molecule has 1 N–H and O–H groups in total. The van der Waals surface area contributed by atoms with E-state index in [1.54, 1.807) is 6.26 Å². The van der Waals surface area contributed by atoms with Crippen molar-refractivity contribution in [3.8, 4) is 0 Å². The summed E-state index contributed by atoms with van der Waals surface area (Å²) in [7, 11) is -0.688. The van der Waals surface area contributed by atoms with Gasteiger partial charge < -0.3 is 10.2 Å². The van der Waals surface area contributed by atoms with Crippen molar-refractivity contribution in [2.75, 3.05) is 31.6 Å². The summed E-state index contributed by atoms with van der Waals surface area (Å²) in [4.78, 5) is 2.56. The quantitative estimate of drug-likeness (QED) is 0.785. The summed E-state index contributed by atoms with van der Waals surface area (Å²) < 4.78 is 11.1. The molecule has 0 aromatic rings. The van der Waals surface area contributed by atoms with Crippen LogP contribution < -0.4 is 5.32 Å². The number of nitrogens with one attached hydrogen (secondary N) is 1. The molecule has 0 aliphatic carbocycles. The van der Waals surface area contributed by atoms with Gasteiger partial charge in [-0.25, -0.2) is 0 Å². The first-order chi connectivity index (χ1) is 7.97. The average molecular weight is 260 g/mol. The van der Waals surface area contributed by atoms with E-state index >= 15 is 0 Å². The van der Waals surface area contributed by atoms with Gasteiger partial charge in [-0.2, -0.15) is 0 Å². The largest absolute Gasteiger partial charge is 0.310 e. The fraction of sp³-hybridized carbons (Fsp3) is 1.00. The number of hydrogen-bond acceptors (Lipinski definition) is 3. The van der Waals surface area contributed by atoms with Crippen LogP contribution in [0.5, 0.6) is 0 Å². The van der Waals surface area contributed by atoms with E-state index in [4.69, 9.17) is 0 Å². The smallest absolute Gasteiger partial charge is 0.0383 e. The summed E-state index contributed by atoms with van der Waals surface area (Å²) in [5.74, 6) is 1.53. The lowest BCUT2D eigenvalue weighted by Crippen LogP contribution is -2.47. The van der Waals surface area contributed by atoms with Crippen molar-refractivity contribution < 1.29 is 4.21 Å². The van der Waals surface area contributed by atoms with Crippen LogP contribution in [0.3, 0.4) is 0 Å². The van der Waals surface area contributed by atoms with Crippen LogP contribution in [-0.2, 0) is 10.8 Å². The molecule has 1 aliphatic heterocycles. The van der Waals surface area contributed by atoms with E-state index in [9.17, 15) is 4.21 Å². The molecule has 1 saturated heterocycles. The van der Waals surface area contributed by atoms with E-state index in [1.165, 1.54) is 32.5 Å². The van der Waals surface area contributed by atoms with Gasteiger partial charge in [0.25, 0.3) is 0 Å². The molecule has 0 aromatic heterocycles. The minimum atomic E-state index is -0.688. The molecule has 0 amide bonds. The van der Waals surface area contributed by atoms with Crippen molar-refractivity contribution in [2.24, 2.45) is 5.92 Å². The van der Waals surface area contributed by atoms with Crippen LogP contribution in [-0.4, -0.2) is 52.8 Å². The van der Waals surface area contributed by atoms with Gasteiger partial charge in [-0.15, -0.1) is 0 Å². The van der Waals surface area contributed by atoms with E-state index in [2.05, 4.69) is 31.0 Å². The lowest BCUT2D eigenvalue weighted by molar-refractivity contribution is 0.176. The van der Waals surface area contributed by atoms with Crippen LogP contribution in [0.25, 0.3) is 0 Å². The number of likely N-dealkylation sites (tertiary alicyclic amines) is 1. The third-order valence-electron chi connectivity index (χ3n) is 3.22. The Bertz CT molecular complexity index is 238. The predicted molar refractivity (Wildman–Crippen MR) is 75.8 cm³/mol. The summed E-state index contributed by atoms with van der Waals surface area (Å²) in [6, 6.07) is 0.999. The van der Waals surface area contributed by atoms with Gasteiger partial charge in [0, 0.05) is 41.4 Å². The van der Waals surface area contributed by atoms with E-state index in [0.717, 1.165) is 11.7 Å². The second-order valence-corrected chi connectivity index (χ2v) is 7.26. The topological polar surface area (TPSA) is 32.3 Å². The van der Waals surface area contributed by atoms with Crippen LogP contribution in [0.15, 0.2) is 0 Å². The molecule has 0 spiro atoms. The van der Waals surface area contributed by atoms with Crippen LogP contribution in [0, 0.1) is 5.92 Å². The number of hydrogen-bond donors (Lipinski definition) is 1. The molecule has 4 heteroatoms. The standard InChI is InChI=1S/C13H28N2OS/c1-11(2)9-15-7-5-13(6-8-15)14-12(3)10-17(4)16/h11-14H,5-10H2,1-4H3. The average Bonchev–Trinajstić information content (AvgIpc) is 2.18. The normalized spacial score (nSPS) is 22.9. The molecule has 1 aliphatic rings. The van der Waals surface area contributed by atoms with Crippen molar-refractivity contribution in [1.29, 1.82) is 0 Å². The van der Waals surface area contributed by atoms with E-state index in [1.807, 2.05) is 0 Å². The molecule has 2 unspecified atom stereocenters. The maximum absolute atomic E-state index is 11.1. The minimum absolute atomic E-state index is 0.377. The Balaban J connectivity index is 2.20. The first-order valence-electron chi connectivity index (χ1n) is 6.75. The third-order valence-corrected chi connectivity index (χ3v) is 4.19. The third kappa shape index (κ3) is 6.53. The molecule has 1 fully saturated rings. The van der Waals surface area contributed by atoms with E-state index in [-0.39, 0.29) is 0 Å². The summed E-state index contributed by atoms with van der Waals surface area (Å²) in [5, 5.41) is 3.60. The monoisotopic (exact) mass is 260 g/mol. The molecule has 0 saturated carbocycles. The molecular weight excluding hydrogens is 232 g/mol. The zero-order valence-corrected chi connectivity index (χ0v) is 12.6. The van der Waals surface area contributed by atoms with Crippen molar-refractivity contribution in [1.82, 2.24) is 10.2 Å². The van der Waals surface area contributed by atoms with Gasteiger partial charge in [-0.3, -0.25) is 4.21 Å². The summed E-state index contributed by atoms with van der Waals surface area (Å²) in [6.45, 7) is 10.3. The number of nitrogens with zero attached hydrogens (tertiary/aromatic N) is 1. The molecule has 102 valence electrons. The molecule has 2 atom stereocenters. The summed E-state index contributed by atoms with van der Waals surface area (Å²) in [5.41, 5.74) is 0. The highest BCUT2D eigenvalue weighted by atomic mass is 32.2. The van der Waals surface area contributed by atoms with Crippen LogP contribution in [0.2, 0.25) is 0 Å². The molecule has 17 heavy (non-hydrogen) atoms. The van der Waals surface area contributed by atoms with Gasteiger partial charge in [0.15, 0.2) is 0 Å². The number of rotatable bonds is 6. The van der Waals surface area contributed by atoms with Gasteiger partial charge in [0.05, 0.1) is 0 Å². The molecule has 3 nitrogen and oxygen atoms in total. The van der Waals surface area contributed by atoms with Gasteiger partial charge in [-0.1, -0.05) is 13.8 Å². The van der Waals surface area contributed by atoms with Gasteiger partial charge >= 0.3 is 0 Å². The zero-order chi connectivity index (χ0) is 12.8. The Morgan fingerprint density at radius 1 is 1.29 bits per heavy atom. The highest BCUT2D eigenvalue weighted by molar-refractivity contribution is 7.84. The van der Waals surface area contributed by atoms with Gasteiger partial charge in [0.2, 0.25) is 0 Å². The molecule has 0 aromatic carbocycles. The fourth-order valence-corrected chi connectivity index (χ4v) is 3.40. The van der Waals surface area contributed by atoms with Crippen molar-refractivity contribution in [3.05, 3.63) is 0 Å². The lowest BCUT2D eigenvalue weighted by Gasteiger charge is -2.34. The minimum Gasteiger partial charge on any atom is -0.310 e. The maximum atomic E-state index is 11.1. The van der Waals surface area contributed by atoms with Crippen LogP contribution >= 0.6 is 0 Å². The Kier molecular flexibility index (Phi) is 6.67. The highest BCUT2D eigenvalue weighted by Gasteiger charge is 2.20. The first kappa shape index (κ1) is 15.1. The molecule has 1 heterocycles. The van der Waals surface area contributed by atoms with Crippen LogP contribution in [0.1, 0.15) is 33.6 Å². The lowest BCUT2D eigenvalue weighted by atomic mass is 10.0. The highest BCUT2D eigenvalue weighted by Crippen LogP contribution is 2.12. The SMILES string of the molecule is CC(C)CN1CCC(NC(C)CS(C)=O)CC1. The Morgan fingerprint density at radius 2 is 1.88 bits per heavy atom. The first-order valence-corrected chi connectivity index (χ1v) is 8.48. The Hall–Kier alpha value is 0.0700. The molecule has 1 rings (SSSR count). The van der Waals surface area contributed by atoms with Crippen molar-refractivity contribution in [3.63, 3.8) is 0 Å². The van der Waals surface area contributed by atoms with E-state index in [0.29, 0.717) is 12.1 Å². The molecule has 0 radical (unpaired) electrons. The fourth-order valence-electron chi connectivity index (χ4n) is 2.60. The summed E-state index contributed by atoms with van der Waals surface area (Å²) in [6.07, 6.45) is 4.24. The predicted octanol–water partition coefficient (Wildman–Crippen LogP) is 1.46. The van der Waals surface area contributed by atoms with Crippen molar-refractivity contribution >= 4 is 10.8 Å². The molecular formula is C13H28N2OS. The Labute approximate surface area is 109 Å². The van der Waals surface area contributed by atoms with Crippen LogP contribution in [0.4, 0.5) is 0 Å². The Morgan fingerprint density at radius 3 is 2.35 bits per heavy atom. The number of piperidine rings is 1. The zero-order valence-electron chi connectivity index (χ0n) is 11.7. The second kappa shape index (κ2) is 7.49.